The van der Waals surface area contributed by atoms with Gasteiger partial charge in [0.05, 0.1) is 14.2 Å². The molecule has 0 spiro atoms. The van der Waals surface area contributed by atoms with E-state index in [9.17, 15) is 13.6 Å². The number of halogens is 2. The van der Waals surface area contributed by atoms with Gasteiger partial charge in [0.1, 0.15) is 5.76 Å². The zero-order valence-electron chi connectivity index (χ0n) is 15.1. The van der Waals surface area contributed by atoms with Crippen LogP contribution in [0.15, 0.2) is 30.0 Å². The topological polar surface area (TPSA) is 48.0 Å². The van der Waals surface area contributed by atoms with Crippen molar-refractivity contribution in [3.05, 3.63) is 35.6 Å². The van der Waals surface area contributed by atoms with Crippen LogP contribution in [-0.2, 0) is 14.9 Å². The first kappa shape index (κ1) is 18.6. The molecule has 1 aromatic carbocycles. The Morgan fingerprint density at radius 2 is 2.00 bits per heavy atom. The van der Waals surface area contributed by atoms with Crippen LogP contribution in [0.3, 0.4) is 0 Å². The maximum atomic E-state index is 12.5. The van der Waals surface area contributed by atoms with Gasteiger partial charge in [0.25, 0.3) is 0 Å². The fourth-order valence-electron chi connectivity index (χ4n) is 4.14. The number of fused-ring (bicyclic) bond motifs is 1. The number of carbonyl (C=O) groups excluding carboxylic acids is 1. The number of hydrogen-bond acceptors (Lipinski definition) is 5. The van der Waals surface area contributed by atoms with Crippen LogP contribution in [0.1, 0.15) is 24.8 Å². The number of likely N-dealkylation sites (N-methyl/N-ethyl adjacent to an activating group) is 1. The second-order valence-corrected chi connectivity index (χ2v) is 6.77. The SMILES string of the molecule is COc1ccc([C@@]23CC=C(OC(=O)C(F)F)C[C@@H]2N(C)CC3)cc1OC. The van der Waals surface area contributed by atoms with Crippen LogP contribution in [0.2, 0.25) is 0 Å². The van der Waals surface area contributed by atoms with Gasteiger partial charge in [0.15, 0.2) is 11.5 Å². The highest BCUT2D eigenvalue weighted by Crippen LogP contribution is 2.49. The van der Waals surface area contributed by atoms with E-state index in [4.69, 9.17) is 14.2 Å². The molecule has 1 aromatic rings. The predicted molar refractivity (Wildman–Crippen MR) is 91.7 cm³/mol. The van der Waals surface area contributed by atoms with Crippen molar-refractivity contribution in [3.8, 4) is 11.5 Å². The number of alkyl halides is 2. The van der Waals surface area contributed by atoms with E-state index in [2.05, 4.69) is 4.90 Å². The van der Waals surface area contributed by atoms with Crippen LogP contribution in [0.25, 0.3) is 0 Å². The summed E-state index contributed by atoms with van der Waals surface area (Å²) in [6.45, 7) is 0.878. The Balaban J connectivity index is 1.93. The fraction of sp³-hybridized carbons (Fsp3) is 0.526. The van der Waals surface area contributed by atoms with Crippen LogP contribution in [0.5, 0.6) is 11.5 Å². The Hall–Kier alpha value is -2.15. The van der Waals surface area contributed by atoms with Gasteiger partial charge in [-0.2, -0.15) is 8.78 Å². The van der Waals surface area contributed by atoms with Crippen LogP contribution in [0, 0.1) is 0 Å². The molecule has 5 nitrogen and oxygen atoms in total. The lowest BCUT2D eigenvalue weighted by atomic mass is 9.68. The van der Waals surface area contributed by atoms with Crippen molar-refractivity contribution in [2.45, 2.75) is 37.1 Å². The molecule has 0 unspecified atom stereocenters. The molecule has 0 N–H and O–H groups in total. The number of esters is 1. The number of likely N-dealkylation sites (tertiary alicyclic amines) is 1. The molecule has 0 radical (unpaired) electrons. The molecule has 1 aliphatic carbocycles. The minimum Gasteiger partial charge on any atom is -0.493 e. The van der Waals surface area contributed by atoms with Gasteiger partial charge in [0.2, 0.25) is 0 Å². The molecule has 2 aliphatic rings. The monoisotopic (exact) mass is 367 g/mol. The van der Waals surface area contributed by atoms with Gasteiger partial charge in [-0.25, -0.2) is 4.79 Å². The highest BCUT2D eigenvalue weighted by Gasteiger charge is 2.49. The molecule has 0 amide bonds. The Labute approximate surface area is 151 Å². The van der Waals surface area contributed by atoms with E-state index >= 15 is 0 Å². The van der Waals surface area contributed by atoms with Crippen molar-refractivity contribution in [2.24, 2.45) is 0 Å². The predicted octanol–water partition coefficient (Wildman–Crippen LogP) is 3.13. The van der Waals surface area contributed by atoms with Crippen molar-refractivity contribution in [2.75, 3.05) is 27.8 Å². The molecule has 26 heavy (non-hydrogen) atoms. The van der Waals surface area contributed by atoms with Gasteiger partial charge >= 0.3 is 12.4 Å². The summed E-state index contributed by atoms with van der Waals surface area (Å²) in [7, 11) is 5.19. The summed E-state index contributed by atoms with van der Waals surface area (Å²) in [4.78, 5) is 13.4. The molecule has 1 fully saturated rings. The minimum atomic E-state index is -3.12. The number of allylic oxidation sites excluding steroid dienone is 1. The molecule has 2 atom stereocenters. The molecule has 0 saturated carbocycles. The highest BCUT2D eigenvalue weighted by molar-refractivity contribution is 5.74. The molecular formula is C19H23F2NO4. The molecular weight excluding hydrogens is 344 g/mol. The number of nitrogens with zero attached hydrogens (tertiary/aromatic N) is 1. The first-order chi connectivity index (χ1) is 12.4. The van der Waals surface area contributed by atoms with Crippen molar-refractivity contribution in [1.29, 1.82) is 0 Å². The minimum absolute atomic E-state index is 0.0612. The van der Waals surface area contributed by atoms with Gasteiger partial charge in [-0.05, 0) is 50.2 Å². The van der Waals surface area contributed by atoms with Crippen molar-refractivity contribution in [1.82, 2.24) is 4.90 Å². The van der Waals surface area contributed by atoms with Crippen molar-refractivity contribution in [3.63, 3.8) is 0 Å². The number of benzene rings is 1. The lowest BCUT2D eigenvalue weighted by Gasteiger charge is -2.40. The van der Waals surface area contributed by atoms with Gasteiger partial charge in [-0.3, -0.25) is 0 Å². The Bertz CT molecular complexity index is 721. The zero-order chi connectivity index (χ0) is 18.9. The largest absolute Gasteiger partial charge is 0.493 e. The van der Waals surface area contributed by atoms with Gasteiger partial charge in [0, 0.05) is 17.9 Å². The number of methoxy groups -OCH3 is 2. The van der Waals surface area contributed by atoms with E-state index in [0.29, 0.717) is 30.1 Å². The number of carbonyl (C=O) groups is 1. The Morgan fingerprint density at radius 3 is 2.65 bits per heavy atom. The quantitative estimate of drug-likeness (QED) is 0.749. The second-order valence-electron chi connectivity index (χ2n) is 6.77. The molecule has 7 heteroatoms. The summed E-state index contributed by atoms with van der Waals surface area (Å²) in [5.41, 5.74) is 0.940. The van der Waals surface area contributed by atoms with Crippen molar-refractivity contribution >= 4 is 5.97 Å². The molecule has 0 aromatic heterocycles. The third kappa shape index (κ3) is 3.16. The molecule has 142 valence electrons. The average Bonchev–Trinajstić information content (AvgIpc) is 2.98. The Kier molecular flexibility index (Phi) is 5.18. The summed E-state index contributed by atoms with van der Waals surface area (Å²) < 4.78 is 40.6. The first-order valence-electron chi connectivity index (χ1n) is 8.53. The highest BCUT2D eigenvalue weighted by atomic mass is 19.3. The van der Waals surface area contributed by atoms with E-state index in [1.807, 2.05) is 25.2 Å². The average molecular weight is 367 g/mol. The summed E-state index contributed by atoms with van der Waals surface area (Å²) in [6.07, 6.45) is 0.616. The van der Waals surface area contributed by atoms with E-state index in [1.54, 1.807) is 20.3 Å². The lowest BCUT2D eigenvalue weighted by molar-refractivity contribution is -0.152. The van der Waals surface area contributed by atoms with E-state index in [-0.39, 0.29) is 11.5 Å². The van der Waals surface area contributed by atoms with Crippen molar-refractivity contribution < 1.29 is 27.8 Å². The number of ether oxygens (including phenoxy) is 3. The standard InChI is InChI=1S/C19H23F2NO4/c1-22-9-8-19(12-4-5-14(24-2)15(10-12)25-3)7-6-13(11-16(19)22)26-18(23)17(20)21/h4-6,10,16-17H,7-9,11H2,1-3H3/t16-,19-/m0/s1. The molecule has 1 saturated heterocycles. The normalized spacial score (nSPS) is 25.6. The Morgan fingerprint density at radius 1 is 1.27 bits per heavy atom. The van der Waals surface area contributed by atoms with Crippen LogP contribution < -0.4 is 9.47 Å². The molecule has 0 bridgehead atoms. The molecule has 3 rings (SSSR count). The fourth-order valence-corrected chi connectivity index (χ4v) is 4.14. The van der Waals surface area contributed by atoms with E-state index in [0.717, 1.165) is 18.5 Å². The lowest BCUT2D eigenvalue weighted by Crippen LogP contribution is -2.43. The van der Waals surface area contributed by atoms with Gasteiger partial charge in [-0.15, -0.1) is 0 Å². The third-order valence-electron chi connectivity index (χ3n) is 5.54. The summed E-state index contributed by atoms with van der Waals surface area (Å²) in [6, 6.07) is 5.95. The van der Waals surface area contributed by atoms with E-state index < -0.39 is 12.4 Å². The number of hydrogen-bond donors (Lipinski definition) is 0. The zero-order valence-corrected chi connectivity index (χ0v) is 15.1. The molecule has 1 aliphatic heterocycles. The number of rotatable bonds is 5. The summed E-state index contributed by atoms with van der Waals surface area (Å²) >= 11 is 0. The third-order valence-corrected chi connectivity index (χ3v) is 5.54. The van der Waals surface area contributed by atoms with Crippen LogP contribution in [0.4, 0.5) is 8.78 Å². The van der Waals surface area contributed by atoms with E-state index in [1.165, 1.54) is 0 Å². The van der Waals surface area contributed by atoms with Crippen LogP contribution in [-0.4, -0.2) is 51.1 Å². The second kappa shape index (κ2) is 7.23. The van der Waals surface area contributed by atoms with Gasteiger partial charge < -0.3 is 19.1 Å². The maximum absolute atomic E-state index is 12.5. The van der Waals surface area contributed by atoms with Gasteiger partial charge in [-0.1, -0.05) is 6.07 Å². The summed E-state index contributed by atoms with van der Waals surface area (Å²) in [5.74, 6) is 0.153. The first-order valence-corrected chi connectivity index (χ1v) is 8.53. The molecule has 1 heterocycles. The summed E-state index contributed by atoms with van der Waals surface area (Å²) in [5, 5.41) is 0. The van der Waals surface area contributed by atoms with Crippen LogP contribution >= 0.6 is 0 Å². The maximum Gasteiger partial charge on any atom is 0.378 e. The smallest absolute Gasteiger partial charge is 0.378 e.